The average Bonchev–Trinajstić information content (AvgIpc) is 2.75. The summed E-state index contributed by atoms with van der Waals surface area (Å²) in [6.45, 7) is 10.6. The number of halogens is 3. The van der Waals surface area contributed by atoms with Crippen molar-refractivity contribution in [3.05, 3.63) is 29.3 Å². The number of nitrogens with one attached hydrogen (secondary N) is 1. The molecule has 1 saturated heterocycles. The Morgan fingerprint density at radius 3 is 2.03 bits per heavy atom. The van der Waals surface area contributed by atoms with Gasteiger partial charge in [-0.15, -0.1) is 0 Å². The molecular formula is C25H32F3NO8S. The van der Waals surface area contributed by atoms with E-state index >= 15 is 0 Å². The first-order valence-electron chi connectivity index (χ1n) is 11.7. The number of rotatable bonds is 7. The highest BCUT2D eigenvalue weighted by atomic mass is 32.2. The Bertz CT molecular complexity index is 1060. The van der Waals surface area contributed by atoms with Crippen LogP contribution in [-0.4, -0.2) is 66.4 Å². The van der Waals surface area contributed by atoms with Crippen molar-refractivity contribution in [3.63, 3.8) is 0 Å². The SMILES string of the molecule is CC(=O)OC[C@H]1O[C@@H](Sc2ccc(C(C)(C)C)cc2C)[C@H](NC(=O)C(F)(F)F)[C@@H](OC(C)=O)[C@@H]1OC(C)=O. The molecule has 38 heavy (non-hydrogen) atoms. The second kappa shape index (κ2) is 12.4. The topological polar surface area (TPSA) is 117 Å². The molecule has 1 aromatic carbocycles. The molecule has 2 rings (SSSR count). The lowest BCUT2D eigenvalue weighted by atomic mass is 9.86. The predicted octanol–water partition coefficient (Wildman–Crippen LogP) is 3.58. The number of ether oxygens (including phenoxy) is 4. The Balaban J connectivity index is 2.58. The van der Waals surface area contributed by atoms with Gasteiger partial charge in [0, 0.05) is 25.7 Å². The van der Waals surface area contributed by atoms with Gasteiger partial charge in [0.1, 0.15) is 24.2 Å². The van der Waals surface area contributed by atoms with Gasteiger partial charge in [0.2, 0.25) is 0 Å². The molecule has 1 N–H and O–H groups in total. The zero-order valence-electron chi connectivity index (χ0n) is 22.1. The van der Waals surface area contributed by atoms with Crippen LogP contribution in [0.5, 0.6) is 0 Å². The molecule has 0 bridgehead atoms. The van der Waals surface area contributed by atoms with Crippen LogP contribution in [0.15, 0.2) is 23.1 Å². The van der Waals surface area contributed by atoms with Gasteiger partial charge >= 0.3 is 30.0 Å². The van der Waals surface area contributed by atoms with Crippen LogP contribution < -0.4 is 5.32 Å². The maximum Gasteiger partial charge on any atom is 0.471 e. The van der Waals surface area contributed by atoms with Crippen molar-refractivity contribution in [2.45, 2.75) is 94.7 Å². The lowest BCUT2D eigenvalue weighted by Gasteiger charge is -2.45. The molecule has 0 spiro atoms. The van der Waals surface area contributed by atoms with Crippen LogP contribution in [0.25, 0.3) is 0 Å². The Morgan fingerprint density at radius 1 is 0.974 bits per heavy atom. The summed E-state index contributed by atoms with van der Waals surface area (Å²) in [5.41, 5.74) is 0.379. The Labute approximate surface area is 223 Å². The zero-order valence-corrected chi connectivity index (χ0v) is 23.0. The van der Waals surface area contributed by atoms with Gasteiger partial charge in [-0.3, -0.25) is 19.2 Å². The fourth-order valence-electron chi connectivity index (χ4n) is 3.76. The van der Waals surface area contributed by atoms with Crippen LogP contribution in [0.3, 0.4) is 0 Å². The Morgan fingerprint density at radius 2 is 1.55 bits per heavy atom. The summed E-state index contributed by atoms with van der Waals surface area (Å²) < 4.78 is 61.3. The number of hydrogen-bond donors (Lipinski definition) is 1. The van der Waals surface area contributed by atoms with Crippen molar-refractivity contribution >= 4 is 35.6 Å². The largest absolute Gasteiger partial charge is 0.471 e. The lowest BCUT2D eigenvalue weighted by molar-refractivity contribution is -0.214. The number of alkyl halides is 3. The van der Waals surface area contributed by atoms with Crippen molar-refractivity contribution in [2.75, 3.05) is 6.61 Å². The minimum absolute atomic E-state index is 0.161. The molecule has 0 radical (unpaired) electrons. The number of benzene rings is 1. The van der Waals surface area contributed by atoms with E-state index in [1.807, 2.05) is 45.1 Å². The maximum absolute atomic E-state index is 13.3. The van der Waals surface area contributed by atoms with E-state index in [1.54, 1.807) is 6.07 Å². The van der Waals surface area contributed by atoms with Crippen LogP contribution in [-0.2, 0) is 43.5 Å². The van der Waals surface area contributed by atoms with Gasteiger partial charge in [0.05, 0.1) is 0 Å². The van der Waals surface area contributed by atoms with E-state index < -0.39 is 66.4 Å². The summed E-state index contributed by atoms with van der Waals surface area (Å²) >= 11 is 0.984. The Hall–Kier alpha value is -2.80. The summed E-state index contributed by atoms with van der Waals surface area (Å²) in [5.74, 6) is -4.75. The molecule has 0 aliphatic carbocycles. The van der Waals surface area contributed by atoms with Crippen LogP contribution in [0.4, 0.5) is 13.2 Å². The normalized spacial score (nSPS) is 23.8. The summed E-state index contributed by atoms with van der Waals surface area (Å²) in [7, 11) is 0. The zero-order chi connectivity index (χ0) is 29.0. The summed E-state index contributed by atoms with van der Waals surface area (Å²) in [6, 6.07) is 3.96. The number of amides is 1. The number of hydrogen-bond acceptors (Lipinski definition) is 9. The highest BCUT2D eigenvalue weighted by Gasteiger charge is 2.53. The van der Waals surface area contributed by atoms with Crippen LogP contribution in [0.1, 0.15) is 52.7 Å². The minimum atomic E-state index is -5.26. The summed E-state index contributed by atoms with van der Waals surface area (Å²) in [5, 5.41) is 1.84. The molecule has 13 heteroatoms. The number of aryl methyl sites for hydroxylation is 1. The van der Waals surface area contributed by atoms with Gasteiger partial charge in [-0.05, 0) is 29.5 Å². The van der Waals surface area contributed by atoms with E-state index in [9.17, 15) is 32.3 Å². The van der Waals surface area contributed by atoms with Crippen molar-refractivity contribution in [3.8, 4) is 0 Å². The summed E-state index contributed by atoms with van der Waals surface area (Å²) in [6.07, 6.45) is -9.57. The third-order valence-corrected chi connectivity index (χ3v) is 6.89. The molecule has 0 aromatic heterocycles. The van der Waals surface area contributed by atoms with Crippen LogP contribution >= 0.6 is 11.8 Å². The molecule has 1 aromatic rings. The van der Waals surface area contributed by atoms with E-state index in [1.165, 1.54) is 0 Å². The first kappa shape index (κ1) is 31.4. The quantitative estimate of drug-likeness (QED) is 0.392. The van der Waals surface area contributed by atoms with E-state index in [4.69, 9.17) is 18.9 Å². The molecule has 5 atom stereocenters. The Kier molecular flexibility index (Phi) is 10.2. The second-order valence-electron chi connectivity index (χ2n) is 9.84. The summed E-state index contributed by atoms with van der Waals surface area (Å²) in [4.78, 5) is 47.9. The van der Waals surface area contributed by atoms with Gasteiger partial charge in [-0.25, -0.2) is 0 Å². The molecule has 0 unspecified atom stereocenters. The fourth-order valence-corrected chi connectivity index (χ4v) is 4.97. The van der Waals surface area contributed by atoms with Gasteiger partial charge in [-0.2, -0.15) is 13.2 Å². The fraction of sp³-hybridized carbons (Fsp3) is 0.600. The molecule has 1 aliphatic heterocycles. The van der Waals surface area contributed by atoms with E-state index in [0.717, 1.165) is 43.7 Å². The average molecular weight is 564 g/mol. The smallest absolute Gasteiger partial charge is 0.463 e. The van der Waals surface area contributed by atoms with Crippen molar-refractivity contribution in [1.82, 2.24) is 5.32 Å². The van der Waals surface area contributed by atoms with Crippen molar-refractivity contribution < 1.29 is 51.3 Å². The maximum atomic E-state index is 13.3. The molecule has 1 heterocycles. The number of esters is 3. The third kappa shape index (κ3) is 8.62. The van der Waals surface area contributed by atoms with Gasteiger partial charge in [0.25, 0.3) is 0 Å². The lowest BCUT2D eigenvalue weighted by Crippen LogP contribution is -2.66. The number of thioether (sulfide) groups is 1. The molecule has 212 valence electrons. The third-order valence-electron chi connectivity index (χ3n) is 5.54. The van der Waals surface area contributed by atoms with Crippen molar-refractivity contribution in [1.29, 1.82) is 0 Å². The monoisotopic (exact) mass is 563 g/mol. The predicted molar refractivity (Wildman–Crippen MR) is 130 cm³/mol. The van der Waals surface area contributed by atoms with Gasteiger partial charge < -0.3 is 24.3 Å². The van der Waals surface area contributed by atoms with Gasteiger partial charge in [0.15, 0.2) is 12.2 Å². The van der Waals surface area contributed by atoms with E-state index in [0.29, 0.717) is 4.90 Å². The first-order valence-corrected chi connectivity index (χ1v) is 12.6. The second-order valence-corrected chi connectivity index (χ2v) is 11.0. The van der Waals surface area contributed by atoms with Crippen LogP contribution in [0.2, 0.25) is 0 Å². The van der Waals surface area contributed by atoms with Crippen LogP contribution in [0, 0.1) is 6.92 Å². The van der Waals surface area contributed by atoms with E-state index in [2.05, 4.69) is 0 Å². The number of carbonyl (C=O) groups excluding carboxylic acids is 4. The number of carbonyl (C=O) groups is 4. The minimum Gasteiger partial charge on any atom is -0.463 e. The molecule has 0 saturated carbocycles. The molecule has 1 amide bonds. The van der Waals surface area contributed by atoms with Crippen molar-refractivity contribution in [2.24, 2.45) is 0 Å². The highest BCUT2D eigenvalue weighted by Crippen LogP contribution is 2.38. The molecule has 1 fully saturated rings. The first-order chi connectivity index (χ1) is 17.4. The molecule has 9 nitrogen and oxygen atoms in total. The molecular weight excluding hydrogens is 531 g/mol. The van der Waals surface area contributed by atoms with Gasteiger partial charge in [-0.1, -0.05) is 44.7 Å². The highest BCUT2D eigenvalue weighted by molar-refractivity contribution is 7.99. The molecule has 1 aliphatic rings. The van der Waals surface area contributed by atoms with E-state index in [-0.39, 0.29) is 5.41 Å². The standard InChI is InChI=1S/C25H32F3NO8S/c1-12-10-16(24(5,6)7)8-9-18(12)38-22-19(29-23(33)25(26,27)28)21(36-15(4)32)20(35-14(3)31)17(37-22)11-34-13(2)30/h8-10,17,19-22H,11H2,1-7H3,(H,29,33)/t17-,19-,20-,21-,22+/m1/s1.